The summed E-state index contributed by atoms with van der Waals surface area (Å²) in [4.78, 5) is 14.3. The second-order valence-electron chi connectivity index (χ2n) is 12.4. The molecule has 228 valence electrons. The summed E-state index contributed by atoms with van der Waals surface area (Å²) in [5.74, 6) is 0. The maximum absolute atomic E-state index is 5.47. The van der Waals surface area contributed by atoms with Gasteiger partial charge < -0.3 is 4.98 Å². The number of hydrogen-bond acceptors (Lipinski definition) is 3. The lowest BCUT2D eigenvalue weighted by atomic mass is 9.78. The van der Waals surface area contributed by atoms with E-state index in [-0.39, 0.29) is 6.04 Å². The average Bonchev–Trinajstić information content (AvgIpc) is 3.97. The molecule has 4 aromatic carbocycles. The van der Waals surface area contributed by atoms with Gasteiger partial charge in [0, 0.05) is 27.4 Å². The predicted octanol–water partition coefficient (Wildman–Crippen LogP) is 7.28. The highest BCUT2D eigenvalue weighted by molar-refractivity contribution is 6.30. The van der Waals surface area contributed by atoms with Gasteiger partial charge in [-0.3, -0.25) is 5.32 Å². The number of aromatic amines is 1. The van der Waals surface area contributed by atoms with Crippen LogP contribution in [0.5, 0.6) is 0 Å². The lowest BCUT2D eigenvalue weighted by Crippen LogP contribution is -2.43. The van der Waals surface area contributed by atoms with Crippen LogP contribution in [-0.4, -0.2) is 22.4 Å². The second kappa shape index (κ2) is 11.6. The Balaban J connectivity index is 1.39. The summed E-state index contributed by atoms with van der Waals surface area (Å²) in [5.41, 5.74) is 10.8. The van der Waals surface area contributed by atoms with Crippen LogP contribution in [0.25, 0.3) is 22.8 Å². The van der Waals surface area contributed by atoms with Gasteiger partial charge in [0.15, 0.2) is 0 Å². The zero-order chi connectivity index (χ0) is 31.9. The Morgan fingerprint density at radius 1 is 0.562 bits per heavy atom. The summed E-state index contributed by atoms with van der Waals surface area (Å²) >= 11 is 0. The Morgan fingerprint density at radius 3 is 1.94 bits per heavy atom. The van der Waals surface area contributed by atoms with E-state index in [0.29, 0.717) is 0 Å². The molecule has 0 aliphatic carbocycles. The fourth-order valence-electron chi connectivity index (χ4n) is 7.31. The average molecular weight is 617 g/mol. The van der Waals surface area contributed by atoms with Gasteiger partial charge >= 0.3 is 0 Å². The van der Waals surface area contributed by atoms with Gasteiger partial charge in [-0.15, -0.1) is 0 Å². The van der Waals surface area contributed by atoms with Gasteiger partial charge in [-0.25, -0.2) is 9.98 Å². The van der Waals surface area contributed by atoms with Crippen LogP contribution in [0.2, 0.25) is 0 Å². The topological polar surface area (TPSA) is 52.5 Å². The highest BCUT2D eigenvalue weighted by atomic mass is 15.0. The maximum Gasteiger partial charge on any atom is 0.0912 e. The fourth-order valence-corrected chi connectivity index (χ4v) is 7.31. The Bertz CT molecular complexity index is 2390. The van der Waals surface area contributed by atoms with E-state index in [1.807, 2.05) is 0 Å². The fraction of sp³-hybridized carbons (Fsp3) is 0.0455. The highest BCUT2D eigenvalue weighted by Gasteiger charge is 2.43. The van der Waals surface area contributed by atoms with Crippen molar-refractivity contribution in [1.82, 2.24) is 10.3 Å². The van der Waals surface area contributed by atoms with Gasteiger partial charge in [-0.2, -0.15) is 0 Å². The zero-order valence-electron chi connectivity index (χ0n) is 26.2. The van der Waals surface area contributed by atoms with E-state index in [1.54, 1.807) is 0 Å². The molecule has 2 N–H and O–H groups in total. The molecule has 4 aliphatic heterocycles. The van der Waals surface area contributed by atoms with E-state index < -0.39 is 5.54 Å². The number of aliphatic imine (C=N–C) groups is 2. The molecule has 2 unspecified atom stereocenters. The molecule has 5 aromatic rings. The molecule has 4 heteroatoms. The first-order chi connectivity index (χ1) is 23.7. The number of nitrogens with one attached hydrogen (secondary N) is 2. The molecule has 0 spiro atoms. The quantitative estimate of drug-likeness (QED) is 0.205. The minimum Gasteiger partial charge on any atom is -0.355 e. The molecule has 9 rings (SSSR count). The Labute approximate surface area is 279 Å². The Morgan fingerprint density at radius 2 is 1.21 bits per heavy atom. The molecule has 4 aliphatic rings. The summed E-state index contributed by atoms with van der Waals surface area (Å²) in [5, 5.41) is 6.15. The third kappa shape index (κ3) is 4.82. The van der Waals surface area contributed by atoms with Crippen molar-refractivity contribution in [1.29, 1.82) is 0 Å². The lowest BCUT2D eigenvalue weighted by Gasteiger charge is -2.35. The molecule has 0 radical (unpaired) electrons. The second-order valence-corrected chi connectivity index (χ2v) is 12.4. The van der Waals surface area contributed by atoms with Crippen molar-refractivity contribution in [2.24, 2.45) is 9.98 Å². The number of rotatable bonds is 4. The van der Waals surface area contributed by atoms with Gasteiger partial charge in [0.25, 0.3) is 0 Å². The maximum atomic E-state index is 5.47. The van der Waals surface area contributed by atoms with Crippen molar-refractivity contribution in [2.45, 2.75) is 11.6 Å². The summed E-state index contributed by atoms with van der Waals surface area (Å²) < 4.78 is 0. The third-order valence-electron chi connectivity index (χ3n) is 9.44. The number of aromatic nitrogens is 1. The van der Waals surface area contributed by atoms with Crippen LogP contribution in [-0.2, 0) is 5.54 Å². The monoisotopic (exact) mass is 616 g/mol. The van der Waals surface area contributed by atoms with Crippen molar-refractivity contribution >= 4 is 34.2 Å². The molecule has 2 atom stereocenters. The smallest absolute Gasteiger partial charge is 0.0912 e. The summed E-state index contributed by atoms with van der Waals surface area (Å²) in [6.07, 6.45) is 15.3. The minimum atomic E-state index is -0.683. The normalized spacial score (nSPS) is 21.1. The van der Waals surface area contributed by atoms with Crippen LogP contribution >= 0.6 is 0 Å². The minimum absolute atomic E-state index is 0.125. The van der Waals surface area contributed by atoms with Crippen LogP contribution < -0.4 is 16.0 Å². The summed E-state index contributed by atoms with van der Waals surface area (Å²) in [6, 6.07) is 46.7. The van der Waals surface area contributed by atoms with Crippen LogP contribution in [0.4, 0.5) is 0 Å². The van der Waals surface area contributed by atoms with E-state index in [9.17, 15) is 0 Å². The van der Waals surface area contributed by atoms with E-state index in [2.05, 4.69) is 186 Å². The van der Waals surface area contributed by atoms with Crippen molar-refractivity contribution in [3.63, 3.8) is 0 Å². The molecule has 0 fully saturated rings. The number of H-pyrrole nitrogens is 1. The van der Waals surface area contributed by atoms with E-state index in [4.69, 9.17) is 9.98 Å². The number of fused-ring (bicyclic) bond motifs is 6. The van der Waals surface area contributed by atoms with E-state index >= 15 is 0 Å². The standard InChI is InChI=1S/C44H32N4/c1-5-13-30(14-6-1)41-36-23-21-34(45-36)29-35-22-24-37(46-35)42(31-15-7-2-8-16-31)39-27-28-44(48-39,33-19-11-4-12-20-33)43(32-17-9-3-10-18-32)40-26-25-38(41)47-40/h1-29,39,45,48H. The molecule has 8 bridgehead atoms. The first-order valence-electron chi connectivity index (χ1n) is 16.4. The van der Waals surface area contributed by atoms with Crippen molar-refractivity contribution in [3.8, 4) is 0 Å². The van der Waals surface area contributed by atoms with Crippen LogP contribution in [0.1, 0.15) is 22.3 Å². The van der Waals surface area contributed by atoms with Gasteiger partial charge in [0.05, 0.1) is 34.4 Å². The van der Waals surface area contributed by atoms with E-state index in [0.717, 1.165) is 72.5 Å². The number of benzene rings is 4. The van der Waals surface area contributed by atoms with Crippen LogP contribution in [0.3, 0.4) is 0 Å². The zero-order valence-corrected chi connectivity index (χ0v) is 26.2. The summed E-state index contributed by atoms with van der Waals surface area (Å²) in [6.45, 7) is 0. The van der Waals surface area contributed by atoms with Crippen molar-refractivity contribution < 1.29 is 0 Å². The number of allylic oxidation sites excluding steroid dienone is 4. The van der Waals surface area contributed by atoms with Crippen LogP contribution in [0, 0.1) is 0 Å². The molecular weight excluding hydrogens is 585 g/mol. The SMILES string of the molecule is C1=CC2=C(c3ccccc3)C3C=CC(c4ccccc4)(N3)C(c3ccccc3)=C3C=CC(=N3)C(c3ccccc3)=c3ccc([nH]3)=CC1=N2. The molecule has 5 heterocycles. The van der Waals surface area contributed by atoms with E-state index in [1.165, 1.54) is 0 Å². The third-order valence-corrected chi connectivity index (χ3v) is 9.44. The summed E-state index contributed by atoms with van der Waals surface area (Å²) in [7, 11) is 0. The predicted molar refractivity (Wildman–Crippen MR) is 198 cm³/mol. The molecule has 0 saturated carbocycles. The van der Waals surface area contributed by atoms with Gasteiger partial charge in [-0.05, 0) is 64.8 Å². The molecule has 1 aromatic heterocycles. The van der Waals surface area contributed by atoms with Gasteiger partial charge in [-0.1, -0.05) is 133 Å². The molecular formula is C44H32N4. The first kappa shape index (κ1) is 28.1. The number of nitrogens with zero attached hydrogens (tertiary/aromatic N) is 2. The van der Waals surface area contributed by atoms with Gasteiger partial charge in [0.1, 0.15) is 0 Å². The largest absolute Gasteiger partial charge is 0.355 e. The molecule has 4 nitrogen and oxygen atoms in total. The molecule has 48 heavy (non-hydrogen) atoms. The molecule has 0 saturated heterocycles. The first-order valence-corrected chi connectivity index (χ1v) is 16.4. The highest BCUT2D eigenvalue weighted by Crippen LogP contribution is 2.46. The van der Waals surface area contributed by atoms with Crippen molar-refractivity contribution in [2.75, 3.05) is 0 Å². The van der Waals surface area contributed by atoms with Crippen molar-refractivity contribution in [3.05, 3.63) is 214 Å². The lowest BCUT2D eigenvalue weighted by molar-refractivity contribution is 0.551. The van der Waals surface area contributed by atoms with Crippen LogP contribution in [0.15, 0.2) is 191 Å². The molecule has 0 amide bonds. The number of hydrogen-bond donors (Lipinski definition) is 2. The van der Waals surface area contributed by atoms with Gasteiger partial charge in [0.2, 0.25) is 0 Å². The Kier molecular flexibility index (Phi) is 6.81. The Hall–Kier alpha value is -6.10.